The highest BCUT2D eigenvalue weighted by Gasteiger charge is 2.12. The Kier molecular flexibility index (Phi) is 5.92. The number of carbonyl (C=O) groups excluding carboxylic acids is 1. The number of aryl methyl sites for hydroxylation is 1. The van der Waals surface area contributed by atoms with Gasteiger partial charge in [0.2, 0.25) is 0 Å². The van der Waals surface area contributed by atoms with E-state index in [-0.39, 0.29) is 11.5 Å². The SMILES string of the molecule is CCCCNC(=O)C(=Cc1ccc(C)cc1)n1ccccc1=O. The molecule has 1 aromatic heterocycles. The summed E-state index contributed by atoms with van der Waals surface area (Å²) in [4.78, 5) is 24.6. The van der Waals surface area contributed by atoms with E-state index < -0.39 is 0 Å². The molecule has 0 aliphatic heterocycles. The molecule has 0 saturated heterocycles. The third-order valence-electron chi connectivity index (χ3n) is 3.51. The van der Waals surface area contributed by atoms with Gasteiger partial charge in [-0.15, -0.1) is 0 Å². The first kappa shape index (κ1) is 16.7. The maximum atomic E-state index is 12.5. The highest BCUT2D eigenvalue weighted by molar-refractivity contribution is 6.18. The molecule has 0 fully saturated rings. The molecule has 0 aliphatic rings. The van der Waals surface area contributed by atoms with Gasteiger partial charge in [0.1, 0.15) is 5.70 Å². The largest absolute Gasteiger partial charge is 0.351 e. The quantitative estimate of drug-likeness (QED) is 0.658. The number of pyridine rings is 1. The lowest BCUT2D eigenvalue weighted by atomic mass is 10.1. The third kappa shape index (κ3) is 4.68. The summed E-state index contributed by atoms with van der Waals surface area (Å²) in [6.07, 6.45) is 5.26. The fraction of sp³-hybridized carbons (Fsp3) is 0.263. The van der Waals surface area contributed by atoms with E-state index in [2.05, 4.69) is 12.2 Å². The van der Waals surface area contributed by atoms with E-state index in [4.69, 9.17) is 0 Å². The number of amides is 1. The third-order valence-corrected chi connectivity index (χ3v) is 3.51. The average molecular weight is 310 g/mol. The van der Waals surface area contributed by atoms with Crippen LogP contribution in [0.25, 0.3) is 11.8 Å². The molecule has 0 radical (unpaired) electrons. The fourth-order valence-corrected chi connectivity index (χ4v) is 2.16. The average Bonchev–Trinajstić information content (AvgIpc) is 2.55. The Labute approximate surface area is 136 Å². The van der Waals surface area contributed by atoms with Crippen molar-refractivity contribution in [3.63, 3.8) is 0 Å². The van der Waals surface area contributed by atoms with Crippen molar-refractivity contribution in [3.8, 4) is 0 Å². The lowest BCUT2D eigenvalue weighted by Gasteiger charge is -2.11. The molecule has 0 unspecified atom stereocenters. The van der Waals surface area contributed by atoms with Gasteiger partial charge >= 0.3 is 0 Å². The Balaban J connectivity index is 2.39. The highest BCUT2D eigenvalue weighted by Crippen LogP contribution is 2.12. The zero-order valence-electron chi connectivity index (χ0n) is 13.6. The van der Waals surface area contributed by atoms with Crippen molar-refractivity contribution in [1.29, 1.82) is 0 Å². The number of aromatic nitrogens is 1. The second-order valence-corrected chi connectivity index (χ2v) is 5.46. The molecule has 1 aromatic carbocycles. The highest BCUT2D eigenvalue weighted by atomic mass is 16.2. The van der Waals surface area contributed by atoms with Crippen molar-refractivity contribution in [2.75, 3.05) is 6.54 Å². The molecule has 2 rings (SSSR count). The summed E-state index contributed by atoms with van der Waals surface area (Å²) in [5.74, 6) is -0.243. The Hall–Kier alpha value is -2.62. The summed E-state index contributed by atoms with van der Waals surface area (Å²) >= 11 is 0. The van der Waals surface area contributed by atoms with Gasteiger partial charge in [0.25, 0.3) is 11.5 Å². The first-order valence-electron chi connectivity index (χ1n) is 7.86. The van der Waals surface area contributed by atoms with Gasteiger partial charge in [-0.25, -0.2) is 0 Å². The number of rotatable bonds is 6. The summed E-state index contributed by atoms with van der Waals surface area (Å²) in [6.45, 7) is 4.67. The van der Waals surface area contributed by atoms with Gasteiger partial charge in [0, 0.05) is 18.8 Å². The van der Waals surface area contributed by atoms with Crippen molar-refractivity contribution in [2.24, 2.45) is 0 Å². The van der Waals surface area contributed by atoms with Gasteiger partial charge in [-0.05, 0) is 31.1 Å². The van der Waals surface area contributed by atoms with Crippen molar-refractivity contribution in [2.45, 2.75) is 26.7 Å². The van der Waals surface area contributed by atoms with Crippen LogP contribution in [0, 0.1) is 6.92 Å². The van der Waals surface area contributed by atoms with Crippen LogP contribution in [0.3, 0.4) is 0 Å². The number of nitrogens with zero attached hydrogens (tertiary/aromatic N) is 1. The minimum atomic E-state index is -0.243. The predicted octanol–water partition coefficient (Wildman–Crippen LogP) is 3.07. The van der Waals surface area contributed by atoms with Crippen LogP contribution in [0.4, 0.5) is 0 Å². The summed E-state index contributed by atoms with van der Waals surface area (Å²) in [5.41, 5.74) is 2.13. The lowest BCUT2D eigenvalue weighted by molar-refractivity contribution is -0.115. The van der Waals surface area contributed by atoms with Gasteiger partial charge in [-0.2, -0.15) is 0 Å². The van der Waals surface area contributed by atoms with Crippen LogP contribution in [-0.4, -0.2) is 17.0 Å². The molecule has 1 N–H and O–H groups in total. The maximum absolute atomic E-state index is 12.5. The molecule has 1 amide bonds. The van der Waals surface area contributed by atoms with Gasteiger partial charge in [0.05, 0.1) is 0 Å². The van der Waals surface area contributed by atoms with Crippen LogP contribution in [0.1, 0.15) is 30.9 Å². The van der Waals surface area contributed by atoms with Gasteiger partial charge in [-0.1, -0.05) is 49.2 Å². The van der Waals surface area contributed by atoms with Crippen LogP contribution >= 0.6 is 0 Å². The number of hydrogen-bond acceptors (Lipinski definition) is 2. The normalized spacial score (nSPS) is 11.3. The second kappa shape index (κ2) is 8.13. The molecule has 0 atom stereocenters. The first-order chi connectivity index (χ1) is 11.1. The first-order valence-corrected chi connectivity index (χ1v) is 7.86. The number of hydrogen-bond donors (Lipinski definition) is 1. The van der Waals surface area contributed by atoms with E-state index >= 15 is 0 Å². The Bertz CT molecular complexity index is 742. The molecule has 0 saturated carbocycles. The minimum Gasteiger partial charge on any atom is -0.351 e. The predicted molar refractivity (Wildman–Crippen MR) is 94.0 cm³/mol. The molecule has 0 bridgehead atoms. The minimum absolute atomic E-state index is 0.225. The molecular formula is C19H22N2O2. The van der Waals surface area contributed by atoms with E-state index in [1.54, 1.807) is 24.4 Å². The number of nitrogens with one attached hydrogen (secondary N) is 1. The molecule has 4 heteroatoms. The molecule has 1 heterocycles. The van der Waals surface area contributed by atoms with E-state index in [1.165, 1.54) is 10.6 Å². The van der Waals surface area contributed by atoms with Gasteiger partial charge < -0.3 is 5.32 Å². The Morgan fingerprint density at radius 2 is 1.91 bits per heavy atom. The fourth-order valence-electron chi connectivity index (χ4n) is 2.16. The molecule has 23 heavy (non-hydrogen) atoms. The zero-order chi connectivity index (χ0) is 16.7. The molecule has 0 aliphatic carbocycles. The van der Waals surface area contributed by atoms with E-state index in [0.717, 1.165) is 24.0 Å². The number of carbonyl (C=O) groups is 1. The Morgan fingerprint density at radius 1 is 1.17 bits per heavy atom. The van der Waals surface area contributed by atoms with Gasteiger partial charge in [0.15, 0.2) is 0 Å². The van der Waals surface area contributed by atoms with Crippen molar-refractivity contribution in [3.05, 3.63) is 70.1 Å². The van der Waals surface area contributed by atoms with E-state index in [9.17, 15) is 9.59 Å². The van der Waals surface area contributed by atoms with Crippen LogP contribution in [0.2, 0.25) is 0 Å². The maximum Gasteiger partial charge on any atom is 0.268 e. The van der Waals surface area contributed by atoms with E-state index in [1.807, 2.05) is 31.2 Å². The molecule has 0 spiro atoms. The van der Waals surface area contributed by atoms with Crippen LogP contribution in [0.5, 0.6) is 0 Å². The summed E-state index contributed by atoms with van der Waals surface area (Å²) in [6, 6.07) is 12.7. The van der Waals surface area contributed by atoms with Crippen molar-refractivity contribution < 1.29 is 4.79 Å². The monoisotopic (exact) mass is 310 g/mol. The van der Waals surface area contributed by atoms with Crippen LogP contribution in [-0.2, 0) is 4.79 Å². The van der Waals surface area contributed by atoms with Gasteiger partial charge in [-0.3, -0.25) is 14.2 Å². The molecule has 120 valence electrons. The molecular weight excluding hydrogens is 288 g/mol. The van der Waals surface area contributed by atoms with E-state index in [0.29, 0.717) is 12.2 Å². The molecule has 4 nitrogen and oxygen atoms in total. The smallest absolute Gasteiger partial charge is 0.268 e. The number of benzene rings is 1. The second-order valence-electron chi connectivity index (χ2n) is 5.46. The van der Waals surface area contributed by atoms with Crippen LogP contribution < -0.4 is 10.9 Å². The topological polar surface area (TPSA) is 51.1 Å². The Morgan fingerprint density at radius 3 is 2.57 bits per heavy atom. The number of unbranched alkanes of at least 4 members (excludes halogenated alkanes) is 1. The van der Waals surface area contributed by atoms with Crippen molar-refractivity contribution in [1.82, 2.24) is 9.88 Å². The van der Waals surface area contributed by atoms with Crippen LogP contribution in [0.15, 0.2) is 53.5 Å². The van der Waals surface area contributed by atoms with Crippen molar-refractivity contribution >= 4 is 17.7 Å². The zero-order valence-corrected chi connectivity index (χ0v) is 13.6. The molecule has 2 aromatic rings. The summed E-state index contributed by atoms with van der Waals surface area (Å²) in [7, 11) is 0. The summed E-state index contributed by atoms with van der Waals surface area (Å²) < 4.78 is 1.38. The summed E-state index contributed by atoms with van der Waals surface area (Å²) in [5, 5.41) is 2.87. The standard InChI is InChI=1S/C19H22N2O2/c1-3-4-12-20-19(23)17(21-13-6-5-7-18(21)22)14-16-10-8-15(2)9-11-16/h5-11,13-14H,3-4,12H2,1-2H3,(H,20,23). The lowest BCUT2D eigenvalue weighted by Crippen LogP contribution is -2.31.